The monoisotopic (exact) mass is 484 g/mol. The molecule has 1 aliphatic rings. The Morgan fingerprint density at radius 3 is 2.43 bits per heavy atom. The Labute approximate surface area is 204 Å². The second kappa shape index (κ2) is 9.55. The van der Waals surface area contributed by atoms with Crippen molar-refractivity contribution in [2.75, 3.05) is 13.7 Å². The van der Waals surface area contributed by atoms with Gasteiger partial charge < -0.3 is 27.9 Å². The average molecular weight is 484 g/mol. The van der Waals surface area contributed by atoms with E-state index in [9.17, 15) is 4.79 Å². The van der Waals surface area contributed by atoms with Crippen LogP contribution in [-0.4, -0.2) is 38.0 Å². The third-order valence-electron chi connectivity index (χ3n) is 6.58. The molecule has 1 aliphatic heterocycles. The summed E-state index contributed by atoms with van der Waals surface area (Å²) in [7, 11) is 0.803. The Morgan fingerprint density at radius 1 is 1.06 bits per heavy atom. The number of rotatable bonds is 8. The lowest BCUT2D eigenvalue weighted by Crippen LogP contribution is -2.41. The van der Waals surface area contributed by atoms with Crippen LogP contribution in [0.2, 0.25) is 0 Å². The Kier molecular flexibility index (Phi) is 6.84. The largest absolute Gasteiger partial charge is 0.498 e. The average Bonchev–Trinajstić information content (AvgIpc) is 3.36. The van der Waals surface area contributed by atoms with Crippen LogP contribution in [0.1, 0.15) is 45.7 Å². The van der Waals surface area contributed by atoms with Crippen LogP contribution in [0.3, 0.4) is 0 Å². The molecule has 1 saturated heterocycles. The molecule has 3 aromatic rings. The molecular formula is C26H30BFO7. The van der Waals surface area contributed by atoms with Gasteiger partial charge in [-0.1, -0.05) is 6.07 Å². The van der Waals surface area contributed by atoms with Crippen LogP contribution in [0.4, 0.5) is 4.39 Å². The Morgan fingerprint density at radius 2 is 1.77 bits per heavy atom. The molecule has 9 heteroatoms. The Hall–Kier alpha value is -3.04. The van der Waals surface area contributed by atoms with Crippen LogP contribution >= 0.6 is 0 Å². The van der Waals surface area contributed by atoms with Gasteiger partial charge in [-0.05, 0) is 52.8 Å². The summed E-state index contributed by atoms with van der Waals surface area (Å²) >= 11 is 0. The topological polar surface area (TPSA) is 76.4 Å². The minimum atomic E-state index is -0.732. The number of furan rings is 1. The summed E-state index contributed by atoms with van der Waals surface area (Å²) in [6.07, 6.45) is 1.46. The zero-order chi connectivity index (χ0) is 25.4. The van der Waals surface area contributed by atoms with Crippen molar-refractivity contribution in [1.29, 1.82) is 0 Å². The third-order valence-corrected chi connectivity index (χ3v) is 6.58. The van der Waals surface area contributed by atoms with E-state index in [-0.39, 0.29) is 25.6 Å². The molecule has 4 rings (SSSR count). The number of hydrogen-bond donors (Lipinski definition) is 0. The van der Waals surface area contributed by atoms with Gasteiger partial charge in [-0.25, -0.2) is 4.39 Å². The van der Waals surface area contributed by atoms with Crippen LogP contribution in [0, 0.1) is 5.82 Å². The summed E-state index contributed by atoms with van der Waals surface area (Å²) in [6, 6.07) is 8.35. The predicted octanol–water partition coefficient (Wildman–Crippen LogP) is 4.56. The molecule has 1 fully saturated rings. The maximum Gasteiger partial charge on any atom is 0.498 e. The minimum absolute atomic E-state index is 0.0234. The number of esters is 1. The van der Waals surface area contributed by atoms with E-state index in [2.05, 4.69) is 0 Å². The number of methoxy groups -OCH3 is 1. The van der Waals surface area contributed by atoms with E-state index >= 15 is 4.39 Å². The van der Waals surface area contributed by atoms with Gasteiger partial charge >= 0.3 is 13.1 Å². The van der Waals surface area contributed by atoms with E-state index in [1.54, 1.807) is 37.3 Å². The van der Waals surface area contributed by atoms with E-state index < -0.39 is 24.1 Å². The molecule has 1 aromatic heterocycles. The second-order valence-corrected chi connectivity index (χ2v) is 9.43. The van der Waals surface area contributed by atoms with Gasteiger partial charge in [-0.2, -0.15) is 0 Å². The highest BCUT2D eigenvalue weighted by molar-refractivity contribution is 6.64. The van der Waals surface area contributed by atoms with Crippen molar-refractivity contribution in [1.82, 2.24) is 0 Å². The fraction of sp³-hybridized carbons (Fsp3) is 0.423. The van der Waals surface area contributed by atoms with Crippen molar-refractivity contribution in [3.8, 4) is 11.5 Å². The minimum Gasteiger partial charge on any atom is -0.497 e. The van der Waals surface area contributed by atoms with Gasteiger partial charge in [-0.15, -0.1) is 0 Å². The fourth-order valence-corrected chi connectivity index (χ4v) is 3.91. The highest BCUT2D eigenvalue weighted by Crippen LogP contribution is 2.37. The second-order valence-electron chi connectivity index (χ2n) is 9.43. The van der Waals surface area contributed by atoms with Crippen molar-refractivity contribution in [2.24, 2.45) is 0 Å². The van der Waals surface area contributed by atoms with Gasteiger partial charge in [0.1, 0.15) is 29.5 Å². The SMILES string of the molecule is CCOC(=O)Cc1ccc(OC)cc1OCc1cc(B2OC(C)(C)C(C)(C)O2)c2occc2c1F. The van der Waals surface area contributed by atoms with Crippen LogP contribution < -0.4 is 14.9 Å². The number of ether oxygens (including phenoxy) is 3. The van der Waals surface area contributed by atoms with Gasteiger partial charge in [0.15, 0.2) is 0 Å². The smallest absolute Gasteiger partial charge is 0.497 e. The number of benzene rings is 2. The molecule has 0 amide bonds. The number of halogens is 1. The first kappa shape index (κ1) is 25.1. The van der Waals surface area contributed by atoms with Crippen LogP contribution in [0.25, 0.3) is 11.0 Å². The maximum atomic E-state index is 15.4. The molecule has 35 heavy (non-hydrogen) atoms. The zero-order valence-corrected chi connectivity index (χ0v) is 20.9. The van der Waals surface area contributed by atoms with Crippen LogP contribution in [0.15, 0.2) is 41.0 Å². The third kappa shape index (κ3) is 4.88. The fourth-order valence-electron chi connectivity index (χ4n) is 3.91. The highest BCUT2D eigenvalue weighted by Gasteiger charge is 2.52. The molecule has 0 saturated carbocycles. The van der Waals surface area contributed by atoms with E-state index in [0.29, 0.717) is 39.1 Å². The van der Waals surface area contributed by atoms with Gasteiger partial charge in [0, 0.05) is 22.7 Å². The van der Waals surface area contributed by atoms with Crippen molar-refractivity contribution in [3.05, 3.63) is 53.5 Å². The van der Waals surface area contributed by atoms with Gasteiger partial charge in [-0.3, -0.25) is 4.79 Å². The van der Waals surface area contributed by atoms with Crippen molar-refractivity contribution >= 4 is 29.5 Å². The summed E-state index contributed by atoms with van der Waals surface area (Å²) in [5.41, 5.74) is 0.734. The molecule has 7 nitrogen and oxygen atoms in total. The zero-order valence-electron chi connectivity index (χ0n) is 20.9. The standard InChI is InChI=1S/C26H30BFO7/c1-7-31-22(29)13-16-8-9-18(30-6)14-21(16)33-15-17-12-20(24-19(23(17)28)10-11-32-24)27-34-25(2,3)26(4,5)35-27/h8-12,14H,7,13,15H2,1-6H3. The first-order valence-corrected chi connectivity index (χ1v) is 11.6. The number of fused-ring (bicyclic) bond motifs is 1. The first-order chi connectivity index (χ1) is 16.6. The van der Waals surface area contributed by atoms with E-state index in [0.717, 1.165) is 0 Å². The van der Waals surface area contributed by atoms with E-state index in [1.807, 2.05) is 27.7 Å². The molecule has 186 valence electrons. The summed E-state index contributed by atoms with van der Waals surface area (Å²) in [5.74, 6) is 0.123. The normalized spacial score (nSPS) is 16.5. The molecular weight excluding hydrogens is 454 g/mol. The lowest BCUT2D eigenvalue weighted by molar-refractivity contribution is -0.142. The maximum absolute atomic E-state index is 15.4. The number of carbonyl (C=O) groups excluding carboxylic acids is 1. The summed E-state index contributed by atoms with van der Waals surface area (Å²) in [5, 5.41) is 0.313. The quantitative estimate of drug-likeness (QED) is 0.343. The van der Waals surface area contributed by atoms with Gasteiger partial charge in [0.25, 0.3) is 0 Å². The summed E-state index contributed by atoms with van der Waals surface area (Å²) in [6.45, 7) is 9.74. The molecule has 0 aliphatic carbocycles. The molecule has 2 aromatic carbocycles. The molecule has 0 radical (unpaired) electrons. The summed E-state index contributed by atoms with van der Waals surface area (Å²) < 4.78 is 49.8. The Balaban J connectivity index is 1.66. The van der Waals surface area contributed by atoms with Crippen LogP contribution in [-0.2, 0) is 31.9 Å². The number of hydrogen-bond acceptors (Lipinski definition) is 7. The van der Waals surface area contributed by atoms with E-state index in [4.69, 9.17) is 27.9 Å². The van der Waals surface area contributed by atoms with Gasteiger partial charge in [0.05, 0.1) is 43.0 Å². The number of carbonyl (C=O) groups is 1. The first-order valence-electron chi connectivity index (χ1n) is 11.6. The lowest BCUT2D eigenvalue weighted by Gasteiger charge is -2.32. The molecule has 0 bridgehead atoms. The van der Waals surface area contributed by atoms with Gasteiger partial charge in [0.2, 0.25) is 0 Å². The predicted molar refractivity (Wildman–Crippen MR) is 130 cm³/mol. The lowest BCUT2D eigenvalue weighted by atomic mass is 9.77. The molecule has 0 atom stereocenters. The highest BCUT2D eigenvalue weighted by atomic mass is 19.1. The van der Waals surface area contributed by atoms with Crippen LogP contribution in [0.5, 0.6) is 11.5 Å². The summed E-state index contributed by atoms with van der Waals surface area (Å²) in [4.78, 5) is 12.1. The molecule has 0 N–H and O–H groups in total. The van der Waals surface area contributed by atoms with Crippen molar-refractivity contribution in [3.63, 3.8) is 0 Å². The Bertz CT molecular complexity index is 1220. The molecule has 0 spiro atoms. The van der Waals surface area contributed by atoms with E-state index in [1.165, 1.54) is 13.4 Å². The molecule has 0 unspecified atom stereocenters. The van der Waals surface area contributed by atoms with Crippen molar-refractivity contribution in [2.45, 2.75) is 58.8 Å². The van der Waals surface area contributed by atoms with Crippen molar-refractivity contribution < 1.29 is 37.1 Å². The molecule has 2 heterocycles.